The maximum atomic E-state index is 12.7. The van der Waals surface area contributed by atoms with Crippen molar-refractivity contribution in [1.82, 2.24) is 5.43 Å². The third kappa shape index (κ3) is 6.98. The molecule has 0 saturated heterocycles. The number of hydrogen-bond acceptors (Lipinski definition) is 6. The number of para-hydroxylation sites is 2. The summed E-state index contributed by atoms with van der Waals surface area (Å²) in [5, 5.41) is 8.95. The van der Waals surface area contributed by atoms with Gasteiger partial charge in [0.2, 0.25) is 0 Å². The van der Waals surface area contributed by atoms with Crippen LogP contribution in [0, 0.1) is 0 Å². The van der Waals surface area contributed by atoms with Crippen molar-refractivity contribution in [1.29, 1.82) is 0 Å². The largest absolute Gasteiger partial charge is 0.423 e. The van der Waals surface area contributed by atoms with Gasteiger partial charge in [-0.1, -0.05) is 48.5 Å². The summed E-state index contributed by atoms with van der Waals surface area (Å²) in [4.78, 5) is 49.4. The lowest BCUT2D eigenvalue weighted by Crippen LogP contribution is -2.33. The van der Waals surface area contributed by atoms with Crippen LogP contribution in [0.25, 0.3) is 0 Å². The zero-order valence-corrected chi connectivity index (χ0v) is 20.0. The quantitative estimate of drug-likeness (QED) is 0.114. The highest BCUT2D eigenvalue weighted by molar-refractivity contribution is 6.40. The Morgan fingerprint density at radius 2 is 1.29 bits per heavy atom. The minimum Gasteiger partial charge on any atom is -0.423 e. The summed E-state index contributed by atoms with van der Waals surface area (Å²) in [6.45, 7) is 0. The average Bonchev–Trinajstić information content (AvgIpc) is 2.95. The summed E-state index contributed by atoms with van der Waals surface area (Å²) in [6.07, 6.45) is 1.33. The van der Waals surface area contributed by atoms with Crippen LogP contribution in [-0.2, 0) is 9.59 Å². The zero-order chi connectivity index (χ0) is 26.7. The Kier molecular flexibility index (Phi) is 8.33. The van der Waals surface area contributed by atoms with Gasteiger partial charge >= 0.3 is 17.8 Å². The van der Waals surface area contributed by atoms with E-state index >= 15 is 0 Å². The molecule has 4 rings (SSSR count). The normalized spacial score (nSPS) is 10.4. The first-order valence-electron chi connectivity index (χ1n) is 11.5. The second kappa shape index (κ2) is 12.4. The van der Waals surface area contributed by atoms with Gasteiger partial charge in [0.05, 0.1) is 23.0 Å². The predicted octanol–water partition coefficient (Wildman–Crippen LogP) is 4.25. The van der Waals surface area contributed by atoms with Crippen LogP contribution < -0.4 is 20.8 Å². The van der Waals surface area contributed by atoms with E-state index in [0.29, 0.717) is 22.6 Å². The highest BCUT2D eigenvalue weighted by Crippen LogP contribution is 2.17. The Bertz CT molecular complexity index is 1470. The molecule has 0 spiro atoms. The van der Waals surface area contributed by atoms with E-state index in [1.54, 1.807) is 91.0 Å². The molecule has 9 heteroatoms. The molecule has 0 radical (unpaired) electrons. The van der Waals surface area contributed by atoms with Gasteiger partial charge in [-0.05, 0) is 66.2 Å². The van der Waals surface area contributed by atoms with Crippen molar-refractivity contribution in [2.45, 2.75) is 0 Å². The van der Waals surface area contributed by atoms with Crippen molar-refractivity contribution in [3.05, 3.63) is 126 Å². The van der Waals surface area contributed by atoms with Gasteiger partial charge in [0, 0.05) is 5.69 Å². The van der Waals surface area contributed by atoms with Crippen molar-refractivity contribution in [3.8, 4) is 5.75 Å². The van der Waals surface area contributed by atoms with Gasteiger partial charge in [-0.25, -0.2) is 10.2 Å². The molecule has 3 amide bonds. The number of benzene rings is 4. The van der Waals surface area contributed by atoms with Gasteiger partial charge in [0.15, 0.2) is 0 Å². The van der Waals surface area contributed by atoms with Crippen molar-refractivity contribution < 1.29 is 23.9 Å². The first-order valence-corrected chi connectivity index (χ1v) is 11.5. The number of nitrogens with zero attached hydrogens (tertiary/aromatic N) is 1. The maximum absolute atomic E-state index is 12.7. The summed E-state index contributed by atoms with van der Waals surface area (Å²) < 4.78 is 5.31. The molecular formula is C29H22N4O5. The standard InChI is InChI=1S/C29H22N4O5/c34-26(31-22-11-5-2-6-12-22)24-13-7-8-14-25(24)32-27(35)28(36)33-30-19-20-15-17-23(18-16-20)38-29(37)21-9-3-1-4-10-21/h1-19H,(H,31,34)(H,32,35)(H,33,36)/b30-19+. The van der Waals surface area contributed by atoms with Crippen molar-refractivity contribution in [3.63, 3.8) is 0 Å². The number of rotatable bonds is 7. The Hall–Kier alpha value is -5.57. The van der Waals surface area contributed by atoms with Crippen LogP contribution in [0.1, 0.15) is 26.3 Å². The maximum Gasteiger partial charge on any atom is 0.343 e. The van der Waals surface area contributed by atoms with Gasteiger partial charge in [-0.3, -0.25) is 14.4 Å². The summed E-state index contributed by atoms with van der Waals surface area (Å²) in [7, 11) is 0. The van der Waals surface area contributed by atoms with E-state index in [2.05, 4.69) is 21.2 Å². The Balaban J connectivity index is 1.30. The van der Waals surface area contributed by atoms with E-state index in [-0.39, 0.29) is 11.3 Å². The molecule has 9 nitrogen and oxygen atoms in total. The third-order valence-electron chi connectivity index (χ3n) is 5.14. The first kappa shape index (κ1) is 25.5. The molecule has 0 saturated carbocycles. The monoisotopic (exact) mass is 506 g/mol. The molecule has 0 aliphatic rings. The number of carbonyl (C=O) groups excluding carboxylic acids is 4. The number of amides is 3. The Morgan fingerprint density at radius 3 is 2.00 bits per heavy atom. The molecule has 0 atom stereocenters. The molecule has 0 heterocycles. The van der Waals surface area contributed by atoms with Crippen LogP contribution in [0.2, 0.25) is 0 Å². The van der Waals surface area contributed by atoms with E-state index < -0.39 is 23.7 Å². The zero-order valence-electron chi connectivity index (χ0n) is 20.0. The number of hydrogen-bond donors (Lipinski definition) is 3. The van der Waals surface area contributed by atoms with E-state index in [9.17, 15) is 19.2 Å². The molecule has 0 fully saturated rings. The fraction of sp³-hybridized carbons (Fsp3) is 0. The number of anilines is 2. The van der Waals surface area contributed by atoms with Crippen molar-refractivity contribution in [2.24, 2.45) is 5.10 Å². The molecule has 0 unspecified atom stereocenters. The first-order chi connectivity index (χ1) is 18.5. The van der Waals surface area contributed by atoms with E-state index in [4.69, 9.17) is 4.74 Å². The summed E-state index contributed by atoms with van der Waals surface area (Å²) in [5.74, 6) is -2.60. The van der Waals surface area contributed by atoms with Crippen LogP contribution in [0.3, 0.4) is 0 Å². The number of hydrazone groups is 1. The summed E-state index contributed by atoms with van der Waals surface area (Å²) >= 11 is 0. The topological polar surface area (TPSA) is 126 Å². The third-order valence-corrected chi connectivity index (χ3v) is 5.14. The lowest BCUT2D eigenvalue weighted by atomic mass is 10.1. The second-order valence-corrected chi connectivity index (χ2v) is 7.84. The van der Waals surface area contributed by atoms with Crippen molar-refractivity contribution in [2.75, 3.05) is 10.6 Å². The molecule has 0 aliphatic carbocycles. The van der Waals surface area contributed by atoms with Crippen LogP contribution in [0.15, 0.2) is 114 Å². The molecule has 0 bridgehead atoms. The summed E-state index contributed by atoms with van der Waals surface area (Å²) in [5.41, 5.74) is 4.11. The van der Waals surface area contributed by atoms with Crippen LogP contribution >= 0.6 is 0 Å². The summed E-state index contributed by atoms with van der Waals surface area (Å²) in [6, 6.07) is 30.2. The number of esters is 1. The molecule has 0 aromatic heterocycles. The van der Waals surface area contributed by atoms with Gasteiger partial charge in [-0.15, -0.1) is 0 Å². The molecule has 38 heavy (non-hydrogen) atoms. The van der Waals surface area contributed by atoms with Crippen LogP contribution in [-0.4, -0.2) is 29.9 Å². The molecule has 3 N–H and O–H groups in total. The molecule has 4 aromatic rings. The highest BCUT2D eigenvalue weighted by Gasteiger charge is 2.17. The van der Waals surface area contributed by atoms with Gasteiger partial charge in [0.25, 0.3) is 5.91 Å². The van der Waals surface area contributed by atoms with E-state index in [0.717, 1.165) is 0 Å². The van der Waals surface area contributed by atoms with Gasteiger partial charge in [0.1, 0.15) is 5.75 Å². The average molecular weight is 507 g/mol. The van der Waals surface area contributed by atoms with Crippen LogP contribution in [0.4, 0.5) is 11.4 Å². The molecule has 188 valence electrons. The van der Waals surface area contributed by atoms with Crippen molar-refractivity contribution >= 4 is 41.3 Å². The van der Waals surface area contributed by atoms with Crippen LogP contribution in [0.5, 0.6) is 5.75 Å². The fourth-order valence-corrected chi connectivity index (χ4v) is 3.27. The minimum atomic E-state index is -1.02. The van der Waals surface area contributed by atoms with E-state index in [1.807, 2.05) is 6.07 Å². The lowest BCUT2D eigenvalue weighted by Gasteiger charge is -2.11. The Labute approximate surface area is 218 Å². The van der Waals surface area contributed by atoms with Gasteiger partial charge in [-0.2, -0.15) is 5.10 Å². The van der Waals surface area contributed by atoms with Gasteiger partial charge < -0.3 is 15.4 Å². The smallest absolute Gasteiger partial charge is 0.343 e. The fourth-order valence-electron chi connectivity index (χ4n) is 3.27. The SMILES string of the molecule is O=C(N/N=C/c1ccc(OC(=O)c2ccccc2)cc1)C(=O)Nc1ccccc1C(=O)Nc1ccccc1. The number of ether oxygens (including phenoxy) is 1. The molecule has 4 aromatic carbocycles. The minimum absolute atomic E-state index is 0.172. The highest BCUT2D eigenvalue weighted by atomic mass is 16.5. The van der Waals surface area contributed by atoms with E-state index in [1.165, 1.54) is 18.3 Å². The lowest BCUT2D eigenvalue weighted by molar-refractivity contribution is -0.136. The predicted molar refractivity (Wildman–Crippen MR) is 143 cm³/mol. The molecular weight excluding hydrogens is 484 g/mol. The second-order valence-electron chi connectivity index (χ2n) is 7.84. The molecule has 0 aliphatic heterocycles. The Morgan fingerprint density at radius 1 is 0.658 bits per heavy atom. The number of nitrogens with one attached hydrogen (secondary N) is 3. The number of carbonyl (C=O) groups is 4.